The van der Waals surface area contributed by atoms with E-state index in [2.05, 4.69) is 4.98 Å². The summed E-state index contributed by atoms with van der Waals surface area (Å²) in [6.45, 7) is 0.264. The van der Waals surface area contributed by atoms with E-state index in [4.69, 9.17) is 4.74 Å². The average Bonchev–Trinajstić information content (AvgIpc) is 3.04. The SMILES string of the molecule is COc1cc(S(C)(=O)=O)ccc1-c1nccc2c1CN(c1ccc(F)cc1)C2=O. The third kappa shape index (κ3) is 3.36. The average molecular weight is 412 g/mol. The molecule has 0 aliphatic carbocycles. The van der Waals surface area contributed by atoms with E-state index in [1.165, 1.54) is 37.6 Å². The van der Waals surface area contributed by atoms with Gasteiger partial charge >= 0.3 is 0 Å². The molecule has 0 radical (unpaired) electrons. The van der Waals surface area contributed by atoms with Gasteiger partial charge in [0.25, 0.3) is 5.91 Å². The van der Waals surface area contributed by atoms with Crippen molar-refractivity contribution in [2.75, 3.05) is 18.3 Å². The van der Waals surface area contributed by atoms with Crippen LogP contribution in [0.4, 0.5) is 10.1 Å². The van der Waals surface area contributed by atoms with Crippen molar-refractivity contribution in [3.63, 3.8) is 0 Å². The molecular weight excluding hydrogens is 395 g/mol. The van der Waals surface area contributed by atoms with Gasteiger partial charge in [-0.1, -0.05) is 0 Å². The number of methoxy groups -OCH3 is 1. The molecule has 0 unspecified atom stereocenters. The molecule has 0 saturated heterocycles. The van der Waals surface area contributed by atoms with Gasteiger partial charge in [0.2, 0.25) is 0 Å². The van der Waals surface area contributed by atoms with Crippen LogP contribution >= 0.6 is 0 Å². The Bertz CT molecular complexity index is 1220. The molecule has 0 saturated carbocycles. The molecule has 2 aromatic carbocycles. The van der Waals surface area contributed by atoms with Gasteiger partial charge < -0.3 is 9.64 Å². The predicted molar refractivity (Wildman–Crippen MR) is 106 cm³/mol. The number of carbonyl (C=O) groups excluding carboxylic acids is 1. The highest BCUT2D eigenvalue weighted by Crippen LogP contribution is 2.38. The lowest BCUT2D eigenvalue weighted by atomic mass is 10.0. The number of sulfone groups is 1. The number of aromatic nitrogens is 1. The summed E-state index contributed by atoms with van der Waals surface area (Å²) < 4.78 is 42.4. The summed E-state index contributed by atoms with van der Waals surface area (Å²) in [6, 6.07) is 11.9. The first-order chi connectivity index (χ1) is 13.8. The molecule has 0 N–H and O–H groups in total. The third-order valence-corrected chi connectivity index (χ3v) is 5.95. The zero-order valence-corrected chi connectivity index (χ0v) is 16.5. The maximum Gasteiger partial charge on any atom is 0.259 e. The fourth-order valence-electron chi connectivity index (χ4n) is 3.39. The topological polar surface area (TPSA) is 76.6 Å². The van der Waals surface area contributed by atoms with Gasteiger partial charge in [0.1, 0.15) is 11.6 Å². The second-order valence-electron chi connectivity index (χ2n) is 6.69. The number of amides is 1. The van der Waals surface area contributed by atoms with Crippen molar-refractivity contribution >= 4 is 21.4 Å². The Morgan fingerprint density at radius 1 is 1.07 bits per heavy atom. The van der Waals surface area contributed by atoms with Crippen LogP contribution in [-0.4, -0.2) is 32.7 Å². The second kappa shape index (κ2) is 6.97. The zero-order valence-electron chi connectivity index (χ0n) is 15.7. The molecule has 4 rings (SSSR count). The van der Waals surface area contributed by atoms with Gasteiger partial charge in [0.05, 0.1) is 24.2 Å². The Hall–Kier alpha value is -3.26. The summed E-state index contributed by atoms with van der Waals surface area (Å²) in [6.07, 6.45) is 2.66. The molecule has 29 heavy (non-hydrogen) atoms. The lowest BCUT2D eigenvalue weighted by molar-refractivity contribution is 0.0996. The Morgan fingerprint density at radius 3 is 2.45 bits per heavy atom. The van der Waals surface area contributed by atoms with Gasteiger partial charge in [0.15, 0.2) is 9.84 Å². The molecular formula is C21H17FN2O4S. The summed E-state index contributed by atoms with van der Waals surface area (Å²) in [5.41, 5.74) is 2.90. The normalized spacial score (nSPS) is 13.5. The summed E-state index contributed by atoms with van der Waals surface area (Å²) in [5.74, 6) is -0.237. The van der Waals surface area contributed by atoms with Gasteiger partial charge in [-0.3, -0.25) is 9.78 Å². The number of fused-ring (bicyclic) bond motifs is 1. The molecule has 1 amide bonds. The number of nitrogens with zero attached hydrogens (tertiary/aromatic N) is 2. The molecule has 8 heteroatoms. The number of anilines is 1. The fourth-order valence-corrected chi connectivity index (χ4v) is 4.02. The Morgan fingerprint density at radius 2 is 1.79 bits per heavy atom. The van der Waals surface area contributed by atoms with Gasteiger partial charge in [-0.15, -0.1) is 0 Å². The molecule has 0 fully saturated rings. The van der Waals surface area contributed by atoms with E-state index >= 15 is 0 Å². The van der Waals surface area contributed by atoms with Crippen molar-refractivity contribution in [2.24, 2.45) is 0 Å². The summed E-state index contributed by atoms with van der Waals surface area (Å²) >= 11 is 0. The van der Waals surface area contributed by atoms with Crippen LogP contribution in [0.1, 0.15) is 15.9 Å². The van der Waals surface area contributed by atoms with E-state index in [9.17, 15) is 17.6 Å². The van der Waals surface area contributed by atoms with Crippen LogP contribution in [0, 0.1) is 5.82 Å². The highest BCUT2D eigenvalue weighted by atomic mass is 32.2. The van der Waals surface area contributed by atoms with Crippen LogP contribution in [0.15, 0.2) is 59.6 Å². The summed E-state index contributed by atoms with van der Waals surface area (Å²) in [7, 11) is -1.95. The predicted octanol–water partition coefficient (Wildman–Crippen LogP) is 3.46. The molecule has 1 aliphatic rings. The van der Waals surface area contributed by atoms with Crippen LogP contribution in [0.2, 0.25) is 0 Å². The van der Waals surface area contributed by atoms with E-state index < -0.39 is 9.84 Å². The van der Waals surface area contributed by atoms with Crippen molar-refractivity contribution in [2.45, 2.75) is 11.4 Å². The lowest BCUT2D eigenvalue weighted by Crippen LogP contribution is -2.22. The van der Waals surface area contributed by atoms with Gasteiger partial charge in [0, 0.05) is 34.8 Å². The minimum Gasteiger partial charge on any atom is -0.496 e. The fraction of sp³-hybridized carbons (Fsp3) is 0.143. The maximum absolute atomic E-state index is 13.2. The first-order valence-electron chi connectivity index (χ1n) is 8.73. The lowest BCUT2D eigenvalue weighted by Gasteiger charge is -2.16. The first kappa shape index (κ1) is 19.1. The molecule has 1 aliphatic heterocycles. The minimum absolute atomic E-state index is 0.134. The van der Waals surface area contributed by atoms with E-state index in [0.29, 0.717) is 33.8 Å². The third-order valence-electron chi connectivity index (χ3n) is 4.84. The smallest absolute Gasteiger partial charge is 0.259 e. The molecule has 3 aromatic rings. The number of rotatable bonds is 4. The minimum atomic E-state index is -3.40. The number of ether oxygens (including phenoxy) is 1. The highest BCUT2D eigenvalue weighted by molar-refractivity contribution is 7.90. The van der Waals surface area contributed by atoms with Gasteiger partial charge in [-0.2, -0.15) is 0 Å². The summed E-state index contributed by atoms with van der Waals surface area (Å²) in [4.78, 5) is 19.0. The van der Waals surface area contributed by atoms with E-state index in [-0.39, 0.29) is 23.2 Å². The van der Waals surface area contributed by atoms with Crippen molar-refractivity contribution in [3.05, 3.63) is 71.7 Å². The van der Waals surface area contributed by atoms with Crippen molar-refractivity contribution in [3.8, 4) is 17.0 Å². The second-order valence-corrected chi connectivity index (χ2v) is 8.70. The number of benzene rings is 2. The maximum atomic E-state index is 13.2. The van der Waals surface area contributed by atoms with E-state index in [1.807, 2.05) is 0 Å². The van der Waals surface area contributed by atoms with Crippen LogP contribution in [0.5, 0.6) is 5.75 Å². The highest BCUT2D eigenvalue weighted by Gasteiger charge is 2.32. The van der Waals surface area contributed by atoms with Crippen molar-refractivity contribution < 1.29 is 22.3 Å². The largest absolute Gasteiger partial charge is 0.496 e. The van der Waals surface area contributed by atoms with Crippen LogP contribution in [0.25, 0.3) is 11.3 Å². The van der Waals surface area contributed by atoms with Gasteiger partial charge in [-0.05, 0) is 48.5 Å². The Labute approximate surface area is 167 Å². The molecule has 2 heterocycles. The summed E-state index contributed by atoms with van der Waals surface area (Å²) in [5, 5.41) is 0. The molecule has 0 atom stereocenters. The van der Waals surface area contributed by atoms with E-state index in [1.54, 1.807) is 29.2 Å². The number of hydrogen-bond acceptors (Lipinski definition) is 5. The molecule has 0 spiro atoms. The van der Waals surface area contributed by atoms with Crippen LogP contribution in [0.3, 0.4) is 0 Å². The first-order valence-corrected chi connectivity index (χ1v) is 10.6. The van der Waals surface area contributed by atoms with Crippen molar-refractivity contribution in [1.29, 1.82) is 0 Å². The quantitative estimate of drug-likeness (QED) is 0.656. The molecule has 0 bridgehead atoms. The molecule has 1 aromatic heterocycles. The Kier molecular flexibility index (Phi) is 4.58. The van der Waals surface area contributed by atoms with Crippen LogP contribution in [-0.2, 0) is 16.4 Å². The zero-order chi connectivity index (χ0) is 20.8. The van der Waals surface area contributed by atoms with Crippen molar-refractivity contribution in [1.82, 2.24) is 4.98 Å². The number of hydrogen-bond donors (Lipinski definition) is 0. The van der Waals surface area contributed by atoms with Gasteiger partial charge in [-0.25, -0.2) is 12.8 Å². The number of halogens is 1. The number of pyridine rings is 1. The number of carbonyl (C=O) groups is 1. The monoisotopic (exact) mass is 412 g/mol. The van der Waals surface area contributed by atoms with E-state index in [0.717, 1.165) is 6.26 Å². The standard InChI is InChI=1S/C21H17FN2O4S/c1-28-19-11-15(29(2,26)27)7-8-17(19)20-18-12-24(14-5-3-13(22)4-6-14)21(25)16(18)9-10-23-20/h3-11H,12H2,1-2H3. The molecule has 148 valence electrons. The van der Waals surface area contributed by atoms with Crippen LogP contribution < -0.4 is 9.64 Å². The Balaban J connectivity index is 1.81. The molecule has 6 nitrogen and oxygen atoms in total.